The van der Waals surface area contributed by atoms with Gasteiger partial charge in [0.15, 0.2) is 0 Å². The van der Waals surface area contributed by atoms with Crippen LogP contribution in [0.15, 0.2) is 10.2 Å². The van der Waals surface area contributed by atoms with E-state index in [1.165, 1.54) is 6.42 Å². The van der Waals surface area contributed by atoms with Crippen molar-refractivity contribution in [3.8, 4) is 0 Å². The van der Waals surface area contributed by atoms with Gasteiger partial charge in [-0.1, -0.05) is 28.7 Å². The standard InChI is InChI=1S/C9H13ClINO/c10-9(13)12-7-2-1-4-8(12)5-3-6-11/h3,6,8H,1-2,4-5,7H2/b6-3-. The lowest BCUT2D eigenvalue weighted by Crippen LogP contribution is -2.40. The number of amides is 1. The first kappa shape index (κ1) is 11.3. The molecule has 1 amide bonds. The fourth-order valence-corrected chi connectivity index (χ4v) is 2.20. The fourth-order valence-electron chi connectivity index (χ4n) is 1.69. The molecule has 4 heteroatoms. The van der Waals surface area contributed by atoms with E-state index in [9.17, 15) is 4.79 Å². The van der Waals surface area contributed by atoms with Gasteiger partial charge in [-0.05, 0) is 41.4 Å². The van der Waals surface area contributed by atoms with Crippen LogP contribution in [0.3, 0.4) is 0 Å². The van der Waals surface area contributed by atoms with Crippen LogP contribution < -0.4 is 0 Å². The van der Waals surface area contributed by atoms with Crippen molar-refractivity contribution in [2.24, 2.45) is 0 Å². The van der Waals surface area contributed by atoms with Crippen LogP contribution in [0, 0.1) is 0 Å². The molecule has 74 valence electrons. The van der Waals surface area contributed by atoms with Crippen molar-refractivity contribution in [3.05, 3.63) is 10.2 Å². The van der Waals surface area contributed by atoms with Gasteiger partial charge in [0, 0.05) is 12.6 Å². The van der Waals surface area contributed by atoms with Gasteiger partial charge < -0.3 is 4.90 Å². The summed E-state index contributed by atoms with van der Waals surface area (Å²) in [5, 5.41) is -0.299. The number of nitrogens with zero attached hydrogens (tertiary/aromatic N) is 1. The predicted molar refractivity (Wildman–Crippen MR) is 63.4 cm³/mol. The maximum Gasteiger partial charge on any atom is 0.316 e. The highest BCUT2D eigenvalue weighted by atomic mass is 127. The molecule has 1 unspecified atom stereocenters. The Morgan fingerprint density at radius 2 is 2.38 bits per heavy atom. The molecule has 1 atom stereocenters. The smallest absolute Gasteiger partial charge is 0.316 e. The Morgan fingerprint density at radius 3 is 3.00 bits per heavy atom. The average Bonchev–Trinajstić information content (AvgIpc) is 2.15. The second-order valence-electron chi connectivity index (χ2n) is 3.19. The summed E-state index contributed by atoms with van der Waals surface area (Å²) in [4.78, 5) is 12.8. The van der Waals surface area contributed by atoms with Gasteiger partial charge in [-0.25, -0.2) is 0 Å². The number of carbonyl (C=O) groups excluding carboxylic acids is 1. The molecule has 13 heavy (non-hydrogen) atoms. The summed E-state index contributed by atoms with van der Waals surface area (Å²) in [5.74, 6) is 0. The summed E-state index contributed by atoms with van der Waals surface area (Å²) in [5.41, 5.74) is 0. The van der Waals surface area contributed by atoms with E-state index in [2.05, 4.69) is 28.7 Å². The van der Waals surface area contributed by atoms with Gasteiger partial charge >= 0.3 is 5.37 Å². The highest BCUT2D eigenvalue weighted by molar-refractivity contribution is 14.1. The molecule has 0 saturated carbocycles. The third-order valence-electron chi connectivity index (χ3n) is 2.35. The Kier molecular flexibility index (Phi) is 5.09. The number of carbonyl (C=O) groups is 1. The molecule has 0 spiro atoms. The lowest BCUT2D eigenvalue weighted by molar-refractivity contribution is 0.173. The third-order valence-corrected chi connectivity index (χ3v) is 3.08. The van der Waals surface area contributed by atoms with Crippen LogP contribution in [0.4, 0.5) is 4.79 Å². The Morgan fingerprint density at radius 1 is 1.62 bits per heavy atom. The highest BCUT2D eigenvalue weighted by Gasteiger charge is 2.24. The summed E-state index contributed by atoms with van der Waals surface area (Å²) >= 11 is 7.68. The number of rotatable bonds is 2. The normalized spacial score (nSPS) is 23.8. The van der Waals surface area contributed by atoms with Gasteiger partial charge in [0.1, 0.15) is 0 Å². The summed E-state index contributed by atoms with van der Waals surface area (Å²) in [6.07, 6.45) is 6.40. The van der Waals surface area contributed by atoms with E-state index in [-0.39, 0.29) is 5.37 Å². The Bertz CT molecular complexity index is 208. The maximum absolute atomic E-state index is 11.0. The second-order valence-corrected chi connectivity index (χ2v) is 4.24. The number of hydrogen-bond donors (Lipinski definition) is 0. The summed E-state index contributed by atoms with van der Waals surface area (Å²) in [6.45, 7) is 0.822. The Balaban J connectivity index is 2.51. The van der Waals surface area contributed by atoms with Gasteiger partial charge in [0.25, 0.3) is 0 Å². The molecule has 1 saturated heterocycles. The molecule has 0 aromatic rings. The molecule has 0 aromatic carbocycles. The van der Waals surface area contributed by atoms with E-state index in [4.69, 9.17) is 11.6 Å². The minimum atomic E-state index is -0.299. The van der Waals surface area contributed by atoms with Crippen molar-refractivity contribution in [1.82, 2.24) is 4.90 Å². The predicted octanol–water partition coefficient (Wildman–Crippen LogP) is 3.54. The molecule has 1 fully saturated rings. The number of piperidine rings is 1. The van der Waals surface area contributed by atoms with Gasteiger partial charge in [0.05, 0.1) is 0 Å². The first-order valence-corrected chi connectivity index (χ1v) is 6.09. The molecule has 1 rings (SSSR count). The molecule has 1 aliphatic heterocycles. The molecule has 1 heterocycles. The van der Waals surface area contributed by atoms with Crippen LogP contribution in [0.2, 0.25) is 0 Å². The van der Waals surface area contributed by atoms with Crippen molar-refractivity contribution in [2.45, 2.75) is 31.7 Å². The average molecular weight is 314 g/mol. The summed E-state index contributed by atoms with van der Waals surface area (Å²) < 4.78 is 1.99. The molecule has 0 aromatic heterocycles. The zero-order valence-corrected chi connectivity index (χ0v) is 10.3. The minimum Gasteiger partial charge on any atom is -0.326 e. The van der Waals surface area contributed by atoms with Crippen LogP contribution in [0.25, 0.3) is 0 Å². The van der Waals surface area contributed by atoms with Crippen LogP contribution in [-0.4, -0.2) is 22.9 Å². The van der Waals surface area contributed by atoms with Crippen LogP contribution in [-0.2, 0) is 0 Å². The largest absolute Gasteiger partial charge is 0.326 e. The number of hydrogen-bond acceptors (Lipinski definition) is 1. The van der Waals surface area contributed by atoms with Gasteiger partial charge in [-0.2, -0.15) is 0 Å². The van der Waals surface area contributed by atoms with Crippen molar-refractivity contribution in [3.63, 3.8) is 0 Å². The second kappa shape index (κ2) is 5.86. The van der Waals surface area contributed by atoms with E-state index < -0.39 is 0 Å². The zero-order chi connectivity index (χ0) is 9.68. The first-order valence-electron chi connectivity index (χ1n) is 4.47. The first-order chi connectivity index (χ1) is 6.25. The lowest BCUT2D eigenvalue weighted by Gasteiger charge is -2.33. The van der Waals surface area contributed by atoms with Gasteiger partial charge in [0.2, 0.25) is 0 Å². The van der Waals surface area contributed by atoms with Crippen molar-refractivity contribution < 1.29 is 4.79 Å². The van der Waals surface area contributed by atoms with Crippen LogP contribution in [0.1, 0.15) is 25.7 Å². The quantitative estimate of drug-likeness (QED) is 0.434. The van der Waals surface area contributed by atoms with Crippen molar-refractivity contribution in [2.75, 3.05) is 6.54 Å². The molecule has 0 radical (unpaired) electrons. The van der Waals surface area contributed by atoms with E-state index in [0.29, 0.717) is 6.04 Å². The summed E-state index contributed by atoms with van der Waals surface area (Å²) in [7, 11) is 0. The minimum absolute atomic E-state index is 0.299. The highest BCUT2D eigenvalue weighted by Crippen LogP contribution is 2.21. The molecular formula is C9H13ClINO. The number of halogens is 2. The topological polar surface area (TPSA) is 20.3 Å². The van der Waals surface area contributed by atoms with E-state index >= 15 is 0 Å². The zero-order valence-electron chi connectivity index (χ0n) is 7.38. The van der Waals surface area contributed by atoms with Gasteiger partial charge in [-0.3, -0.25) is 4.79 Å². The van der Waals surface area contributed by atoms with Crippen LogP contribution >= 0.6 is 34.2 Å². The maximum atomic E-state index is 11.0. The number of likely N-dealkylation sites (tertiary alicyclic amines) is 1. The molecule has 1 aliphatic rings. The Hall–Kier alpha value is 0.230. The molecule has 0 aliphatic carbocycles. The molecule has 0 bridgehead atoms. The monoisotopic (exact) mass is 313 g/mol. The fraction of sp³-hybridized carbons (Fsp3) is 0.667. The molecule has 2 nitrogen and oxygen atoms in total. The van der Waals surface area contributed by atoms with E-state index in [0.717, 1.165) is 25.8 Å². The van der Waals surface area contributed by atoms with Crippen LogP contribution in [0.5, 0.6) is 0 Å². The lowest BCUT2D eigenvalue weighted by atomic mass is 10.0. The van der Waals surface area contributed by atoms with E-state index in [1.54, 1.807) is 4.90 Å². The van der Waals surface area contributed by atoms with E-state index in [1.807, 2.05) is 4.08 Å². The Labute approximate surface area is 97.4 Å². The molecular weight excluding hydrogens is 300 g/mol. The van der Waals surface area contributed by atoms with Crippen molar-refractivity contribution >= 4 is 39.6 Å². The van der Waals surface area contributed by atoms with Crippen molar-refractivity contribution in [1.29, 1.82) is 0 Å². The summed E-state index contributed by atoms with van der Waals surface area (Å²) in [6, 6.07) is 0.324. The van der Waals surface area contributed by atoms with Gasteiger partial charge in [-0.15, -0.1) is 0 Å². The molecule has 0 N–H and O–H groups in total. The SMILES string of the molecule is O=C(Cl)N1CCCCC1C/C=C\I. The third kappa shape index (κ3) is 3.46.